The smallest absolute Gasteiger partial charge is 0.212 e. The quantitative estimate of drug-likeness (QED) is 0.729. The molecule has 6 nitrogen and oxygen atoms in total. The third-order valence-electron chi connectivity index (χ3n) is 4.37. The molecule has 0 amide bonds. The first kappa shape index (κ1) is 15.5. The van der Waals surface area contributed by atoms with Crippen LogP contribution in [0.3, 0.4) is 0 Å². The number of carbonyl (C=O) groups excluding carboxylic acids is 1. The zero-order valence-corrected chi connectivity index (χ0v) is 14.2. The van der Waals surface area contributed by atoms with Gasteiger partial charge in [-0.1, -0.05) is 23.9 Å². The summed E-state index contributed by atoms with van der Waals surface area (Å²) in [6, 6.07) is 13.2. The molecule has 1 aromatic carbocycles. The molecule has 4 rings (SSSR count). The third kappa shape index (κ3) is 2.34. The Kier molecular flexibility index (Phi) is 3.62. The normalized spacial score (nSPS) is 20.2. The Hall–Kier alpha value is -2.98. The van der Waals surface area contributed by atoms with E-state index in [2.05, 4.69) is 11.1 Å². The van der Waals surface area contributed by atoms with E-state index in [4.69, 9.17) is 10.2 Å². The van der Waals surface area contributed by atoms with Crippen LogP contribution in [0.4, 0.5) is 0 Å². The summed E-state index contributed by atoms with van der Waals surface area (Å²) in [7, 11) is 1.81. The predicted octanol–water partition coefficient (Wildman–Crippen LogP) is 2.94. The SMILES string of the molecule is Cn1c(C(=O)[C@H]2SC(N)=C(C#N)[C@@H]2c2ccco2)nc2ccccc21. The van der Waals surface area contributed by atoms with E-state index in [1.807, 2.05) is 31.3 Å². The molecule has 3 aromatic rings. The summed E-state index contributed by atoms with van der Waals surface area (Å²) in [6.07, 6.45) is 1.53. The molecule has 3 heterocycles. The molecule has 1 aliphatic heterocycles. The summed E-state index contributed by atoms with van der Waals surface area (Å²) in [5, 5.41) is 9.26. The molecule has 2 aromatic heterocycles. The first-order chi connectivity index (χ1) is 12.1. The van der Waals surface area contributed by atoms with E-state index in [0.717, 1.165) is 11.0 Å². The van der Waals surface area contributed by atoms with Gasteiger partial charge in [0.05, 0.1) is 45.1 Å². The summed E-state index contributed by atoms with van der Waals surface area (Å²) >= 11 is 1.20. The molecule has 0 spiro atoms. The fourth-order valence-corrected chi connectivity index (χ4v) is 4.35. The molecule has 7 heteroatoms. The highest BCUT2D eigenvalue weighted by molar-refractivity contribution is 8.04. The van der Waals surface area contributed by atoms with Gasteiger partial charge in [-0.25, -0.2) is 4.98 Å². The van der Waals surface area contributed by atoms with Gasteiger partial charge >= 0.3 is 0 Å². The van der Waals surface area contributed by atoms with E-state index in [-0.39, 0.29) is 5.78 Å². The van der Waals surface area contributed by atoms with E-state index >= 15 is 0 Å². The van der Waals surface area contributed by atoms with Crippen LogP contribution in [0.5, 0.6) is 0 Å². The summed E-state index contributed by atoms with van der Waals surface area (Å²) in [5.41, 5.74) is 8.01. The fourth-order valence-electron chi connectivity index (χ4n) is 3.16. The number of aromatic nitrogens is 2. The van der Waals surface area contributed by atoms with E-state index in [1.54, 1.807) is 16.7 Å². The van der Waals surface area contributed by atoms with Crippen molar-refractivity contribution in [3.63, 3.8) is 0 Å². The van der Waals surface area contributed by atoms with Gasteiger partial charge in [0.1, 0.15) is 5.76 Å². The molecule has 0 fully saturated rings. The molecule has 0 unspecified atom stereocenters. The number of imidazole rings is 1. The number of Topliss-reactive ketones (excluding diaryl/α,β-unsaturated/α-hetero) is 1. The Balaban J connectivity index is 1.79. The van der Waals surface area contributed by atoms with Crippen LogP contribution in [0.15, 0.2) is 57.7 Å². The number of furan rings is 1. The molecular formula is C18H14N4O2S. The maximum atomic E-state index is 13.2. The van der Waals surface area contributed by atoms with Crippen LogP contribution in [0.2, 0.25) is 0 Å². The monoisotopic (exact) mass is 350 g/mol. The van der Waals surface area contributed by atoms with E-state index in [9.17, 15) is 10.1 Å². The Morgan fingerprint density at radius 1 is 1.36 bits per heavy atom. The molecule has 0 bridgehead atoms. The highest BCUT2D eigenvalue weighted by Gasteiger charge is 2.43. The minimum atomic E-state index is -0.573. The molecule has 1 aliphatic rings. The average molecular weight is 350 g/mol. The van der Waals surface area contributed by atoms with Crippen LogP contribution < -0.4 is 5.73 Å². The Bertz CT molecular complexity index is 1040. The van der Waals surface area contributed by atoms with Crippen molar-refractivity contribution in [1.82, 2.24) is 9.55 Å². The fraction of sp³-hybridized carbons (Fsp3) is 0.167. The number of benzene rings is 1. The van der Waals surface area contributed by atoms with Gasteiger partial charge in [-0.2, -0.15) is 5.26 Å². The first-order valence-electron chi connectivity index (χ1n) is 7.67. The maximum Gasteiger partial charge on any atom is 0.212 e. The number of aryl methyl sites for hydroxylation is 1. The Morgan fingerprint density at radius 3 is 2.84 bits per heavy atom. The number of rotatable bonds is 3. The second-order valence-corrected chi connectivity index (χ2v) is 6.95. The number of allylic oxidation sites excluding steroid dienone is 1. The van der Waals surface area contributed by atoms with Crippen LogP contribution in [-0.4, -0.2) is 20.6 Å². The lowest BCUT2D eigenvalue weighted by atomic mass is 9.92. The van der Waals surface area contributed by atoms with Gasteiger partial charge in [0, 0.05) is 7.05 Å². The number of ketones is 1. The highest BCUT2D eigenvalue weighted by atomic mass is 32.2. The van der Waals surface area contributed by atoms with Crippen molar-refractivity contribution in [2.45, 2.75) is 11.2 Å². The van der Waals surface area contributed by atoms with E-state index < -0.39 is 11.2 Å². The molecule has 0 saturated heterocycles. The number of fused-ring (bicyclic) bond motifs is 1. The van der Waals surface area contributed by atoms with Gasteiger partial charge in [0.15, 0.2) is 5.82 Å². The minimum absolute atomic E-state index is 0.168. The number of hydrogen-bond donors (Lipinski definition) is 1. The first-order valence-corrected chi connectivity index (χ1v) is 8.55. The Morgan fingerprint density at radius 2 is 2.16 bits per heavy atom. The number of nitriles is 1. The van der Waals surface area contributed by atoms with Gasteiger partial charge < -0.3 is 14.7 Å². The van der Waals surface area contributed by atoms with Gasteiger partial charge in [0.2, 0.25) is 5.78 Å². The standard InChI is InChI=1S/C18H14N4O2S/c1-22-12-6-3-2-5-11(12)21-18(22)15(23)16-14(13-7-4-8-24-13)10(9-19)17(20)25-16/h2-8,14,16H,20H2,1H3/t14-,16+/m1/s1. The lowest BCUT2D eigenvalue weighted by molar-refractivity contribution is 0.0970. The maximum absolute atomic E-state index is 13.2. The van der Waals surface area contributed by atoms with Gasteiger partial charge in [-0.05, 0) is 24.3 Å². The average Bonchev–Trinajstić information content (AvgIpc) is 3.32. The largest absolute Gasteiger partial charge is 0.469 e. The minimum Gasteiger partial charge on any atom is -0.469 e. The number of thioether (sulfide) groups is 1. The van der Waals surface area contributed by atoms with Crippen molar-refractivity contribution >= 4 is 28.6 Å². The van der Waals surface area contributed by atoms with Crippen molar-refractivity contribution < 1.29 is 9.21 Å². The summed E-state index contributed by atoms with van der Waals surface area (Å²) < 4.78 is 7.25. The topological polar surface area (TPSA) is 97.8 Å². The zero-order valence-electron chi connectivity index (χ0n) is 13.3. The highest BCUT2D eigenvalue weighted by Crippen LogP contribution is 2.46. The summed E-state index contributed by atoms with van der Waals surface area (Å²) in [4.78, 5) is 17.7. The van der Waals surface area contributed by atoms with Crippen molar-refractivity contribution in [2.75, 3.05) is 0 Å². The third-order valence-corrected chi connectivity index (χ3v) is 5.58. The molecule has 0 saturated carbocycles. The molecule has 2 N–H and O–H groups in total. The van der Waals surface area contributed by atoms with Gasteiger partial charge in [0.25, 0.3) is 0 Å². The van der Waals surface area contributed by atoms with Crippen LogP contribution in [0.1, 0.15) is 22.3 Å². The summed E-state index contributed by atoms with van der Waals surface area (Å²) in [6.45, 7) is 0. The molecule has 124 valence electrons. The number of hydrogen-bond acceptors (Lipinski definition) is 6. The summed E-state index contributed by atoms with van der Waals surface area (Å²) in [5.74, 6) is 0.236. The molecule has 2 atom stereocenters. The van der Waals surface area contributed by atoms with Crippen LogP contribution in [0.25, 0.3) is 11.0 Å². The van der Waals surface area contributed by atoms with Crippen LogP contribution in [-0.2, 0) is 7.05 Å². The lowest BCUT2D eigenvalue weighted by Crippen LogP contribution is -2.25. The number of carbonyl (C=O) groups is 1. The number of nitrogens with two attached hydrogens (primary N) is 1. The lowest BCUT2D eigenvalue weighted by Gasteiger charge is -2.16. The molecule has 0 aliphatic carbocycles. The van der Waals surface area contributed by atoms with Crippen molar-refractivity contribution in [1.29, 1.82) is 5.26 Å². The second-order valence-electron chi connectivity index (χ2n) is 5.77. The van der Waals surface area contributed by atoms with Crippen LogP contribution in [0, 0.1) is 11.3 Å². The Labute approximate surface area is 147 Å². The van der Waals surface area contributed by atoms with Gasteiger partial charge in [-0.15, -0.1) is 0 Å². The van der Waals surface area contributed by atoms with Crippen molar-refractivity contribution in [3.05, 3.63) is 64.8 Å². The zero-order chi connectivity index (χ0) is 17.6. The van der Waals surface area contributed by atoms with Crippen molar-refractivity contribution in [3.8, 4) is 6.07 Å². The molecule has 0 radical (unpaired) electrons. The number of nitrogens with zero attached hydrogens (tertiary/aromatic N) is 3. The number of para-hydroxylation sites is 2. The van der Waals surface area contributed by atoms with Crippen LogP contribution >= 0.6 is 11.8 Å². The van der Waals surface area contributed by atoms with Crippen molar-refractivity contribution in [2.24, 2.45) is 12.8 Å². The van der Waals surface area contributed by atoms with E-state index in [1.165, 1.54) is 18.0 Å². The molecular weight excluding hydrogens is 336 g/mol. The predicted molar refractivity (Wildman–Crippen MR) is 94.7 cm³/mol. The van der Waals surface area contributed by atoms with Gasteiger partial charge in [-0.3, -0.25) is 4.79 Å². The van der Waals surface area contributed by atoms with E-state index in [0.29, 0.717) is 22.2 Å². The molecule has 25 heavy (non-hydrogen) atoms. The second kappa shape index (κ2) is 5.83.